The van der Waals surface area contributed by atoms with Crippen LogP contribution in [0.15, 0.2) is 42.6 Å². The molecule has 1 aromatic carbocycles. The minimum atomic E-state index is -0.609. The van der Waals surface area contributed by atoms with Gasteiger partial charge in [0.2, 0.25) is 5.88 Å². The Morgan fingerprint density at radius 3 is 2.79 bits per heavy atom. The fourth-order valence-electron chi connectivity index (χ4n) is 1.56. The Kier molecular flexibility index (Phi) is 3.97. The van der Waals surface area contributed by atoms with Gasteiger partial charge in [0.05, 0.1) is 12.8 Å². The Morgan fingerprint density at radius 1 is 1.26 bits per heavy atom. The molecule has 0 radical (unpaired) electrons. The summed E-state index contributed by atoms with van der Waals surface area (Å²) in [7, 11) is 1.54. The highest BCUT2D eigenvalue weighted by atomic mass is 16.6. The van der Waals surface area contributed by atoms with Gasteiger partial charge in [0.1, 0.15) is 5.75 Å². The molecule has 98 valence electrons. The molecule has 1 amide bonds. The summed E-state index contributed by atoms with van der Waals surface area (Å²) < 4.78 is 10.2. The number of pyridine rings is 1. The molecule has 1 aromatic heterocycles. The molecule has 1 heterocycles. The van der Waals surface area contributed by atoms with Gasteiger partial charge in [-0.25, -0.2) is 9.78 Å². The highest BCUT2D eigenvalue weighted by Gasteiger charge is 2.09. The summed E-state index contributed by atoms with van der Waals surface area (Å²) in [6.45, 7) is 1.93. The van der Waals surface area contributed by atoms with Crippen molar-refractivity contribution in [3.63, 3.8) is 0 Å². The summed E-state index contributed by atoms with van der Waals surface area (Å²) in [5.74, 6) is 0.815. The van der Waals surface area contributed by atoms with Crippen LogP contribution in [0, 0.1) is 6.92 Å². The Morgan fingerprint density at radius 2 is 2.11 bits per heavy atom. The zero-order chi connectivity index (χ0) is 13.7. The second kappa shape index (κ2) is 5.86. The number of rotatable bonds is 3. The van der Waals surface area contributed by atoms with Crippen LogP contribution in [0.5, 0.6) is 11.6 Å². The molecule has 2 rings (SSSR count). The second-order valence-electron chi connectivity index (χ2n) is 3.89. The Bertz CT molecular complexity index is 570. The van der Waals surface area contributed by atoms with Crippen LogP contribution in [-0.2, 0) is 0 Å². The lowest BCUT2D eigenvalue weighted by molar-refractivity contribution is 0.213. The van der Waals surface area contributed by atoms with Crippen molar-refractivity contribution in [2.24, 2.45) is 0 Å². The first-order valence-corrected chi connectivity index (χ1v) is 5.73. The van der Waals surface area contributed by atoms with E-state index in [4.69, 9.17) is 9.47 Å². The van der Waals surface area contributed by atoms with E-state index in [0.29, 0.717) is 11.4 Å². The topological polar surface area (TPSA) is 60.5 Å². The van der Waals surface area contributed by atoms with E-state index >= 15 is 0 Å². The molecule has 1 N–H and O–H groups in total. The van der Waals surface area contributed by atoms with E-state index in [1.807, 2.05) is 13.0 Å². The Balaban J connectivity index is 2.09. The van der Waals surface area contributed by atoms with Crippen molar-refractivity contribution in [3.05, 3.63) is 48.2 Å². The summed E-state index contributed by atoms with van der Waals surface area (Å²) in [6.07, 6.45) is 0.943. The van der Waals surface area contributed by atoms with E-state index in [0.717, 1.165) is 5.56 Å². The molecule has 0 aliphatic carbocycles. The second-order valence-corrected chi connectivity index (χ2v) is 3.89. The third-order valence-corrected chi connectivity index (χ3v) is 2.43. The quantitative estimate of drug-likeness (QED) is 0.919. The number of methoxy groups -OCH3 is 1. The van der Waals surface area contributed by atoms with Crippen molar-refractivity contribution in [1.29, 1.82) is 0 Å². The molecule has 0 spiro atoms. The number of amides is 1. The molecule has 19 heavy (non-hydrogen) atoms. The average molecular weight is 258 g/mol. The largest absolute Gasteiger partial charge is 0.495 e. The third kappa shape index (κ3) is 3.45. The van der Waals surface area contributed by atoms with Gasteiger partial charge in [-0.05, 0) is 30.7 Å². The highest BCUT2D eigenvalue weighted by molar-refractivity contribution is 5.88. The smallest absolute Gasteiger partial charge is 0.418 e. The number of carbonyl (C=O) groups excluding carboxylic acids is 1. The Labute approximate surface area is 111 Å². The van der Waals surface area contributed by atoms with Crippen LogP contribution in [0.1, 0.15) is 5.56 Å². The first-order chi connectivity index (χ1) is 9.19. The summed E-state index contributed by atoms with van der Waals surface area (Å²) >= 11 is 0. The first-order valence-electron chi connectivity index (χ1n) is 5.73. The van der Waals surface area contributed by atoms with E-state index in [1.54, 1.807) is 43.6 Å². The summed E-state index contributed by atoms with van der Waals surface area (Å²) in [6, 6.07) is 10.6. The maximum Gasteiger partial charge on any atom is 0.418 e. The number of ether oxygens (including phenoxy) is 2. The average Bonchev–Trinajstić information content (AvgIpc) is 2.40. The molecular formula is C14H14N2O3. The summed E-state index contributed by atoms with van der Waals surface area (Å²) in [5, 5.41) is 2.62. The van der Waals surface area contributed by atoms with Crippen molar-refractivity contribution in [2.75, 3.05) is 12.4 Å². The fraction of sp³-hybridized carbons (Fsp3) is 0.143. The summed E-state index contributed by atoms with van der Waals surface area (Å²) in [4.78, 5) is 15.6. The van der Waals surface area contributed by atoms with Crippen LogP contribution < -0.4 is 14.8 Å². The van der Waals surface area contributed by atoms with E-state index < -0.39 is 6.09 Å². The number of benzene rings is 1. The molecule has 0 fully saturated rings. The SMILES string of the molecule is COc1ccc(C)cc1NC(=O)Oc1ccccn1. The van der Waals surface area contributed by atoms with Gasteiger partial charge in [-0.15, -0.1) is 0 Å². The van der Waals surface area contributed by atoms with Crippen LogP contribution in [-0.4, -0.2) is 18.2 Å². The van der Waals surface area contributed by atoms with Crippen LogP contribution in [0.25, 0.3) is 0 Å². The van der Waals surface area contributed by atoms with Crippen LogP contribution in [0.2, 0.25) is 0 Å². The lowest BCUT2D eigenvalue weighted by atomic mass is 10.2. The summed E-state index contributed by atoms with van der Waals surface area (Å²) in [5.41, 5.74) is 1.57. The molecule has 0 bridgehead atoms. The van der Waals surface area contributed by atoms with Gasteiger partial charge in [-0.2, -0.15) is 0 Å². The number of aromatic nitrogens is 1. The predicted molar refractivity (Wildman–Crippen MR) is 71.6 cm³/mol. The number of aryl methyl sites for hydroxylation is 1. The molecular weight excluding hydrogens is 244 g/mol. The maximum absolute atomic E-state index is 11.7. The minimum absolute atomic E-state index is 0.242. The Hall–Kier alpha value is -2.56. The minimum Gasteiger partial charge on any atom is -0.495 e. The van der Waals surface area contributed by atoms with Crippen molar-refractivity contribution in [3.8, 4) is 11.6 Å². The molecule has 0 aliphatic heterocycles. The molecule has 5 heteroatoms. The molecule has 0 aliphatic rings. The fourth-order valence-corrected chi connectivity index (χ4v) is 1.56. The van der Waals surface area contributed by atoms with Gasteiger partial charge < -0.3 is 9.47 Å². The maximum atomic E-state index is 11.7. The predicted octanol–water partition coefficient (Wildman–Crippen LogP) is 3.01. The van der Waals surface area contributed by atoms with Gasteiger partial charge in [0.25, 0.3) is 0 Å². The number of anilines is 1. The molecule has 0 atom stereocenters. The van der Waals surface area contributed by atoms with Crippen molar-refractivity contribution in [2.45, 2.75) is 6.92 Å². The normalized spacial score (nSPS) is 9.79. The lowest BCUT2D eigenvalue weighted by Gasteiger charge is -2.10. The number of nitrogens with zero attached hydrogens (tertiary/aromatic N) is 1. The number of carbonyl (C=O) groups is 1. The number of nitrogens with one attached hydrogen (secondary N) is 1. The van der Waals surface area contributed by atoms with Crippen molar-refractivity contribution < 1.29 is 14.3 Å². The van der Waals surface area contributed by atoms with E-state index in [9.17, 15) is 4.79 Å². The molecule has 5 nitrogen and oxygen atoms in total. The van der Waals surface area contributed by atoms with E-state index in [2.05, 4.69) is 10.3 Å². The van der Waals surface area contributed by atoms with Crippen LogP contribution >= 0.6 is 0 Å². The zero-order valence-electron chi connectivity index (χ0n) is 10.7. The molecule has 0 unspecified atom stereocenters. The van der Waals surface area contributed by atoms with Gasteiger partial charge >= 0.3 is 6.09 Å². The molecule has 0 saturated heterocycles. The number of hydrogen-bond acceptors (Lipinski definition) is 4. The number of hydrogen-bond donors (Lipinski definition) is 1. The highest BCUT2D eigenvalue weighted by Crippen LogP contribution is 2.25. The standard InChI is InChI=1S/C14H14N2O3/c1-10-6-7-12(18-2)11(9-10)16-14(17)19-13-5-3-4-8-15-13/h3-9H,1-2H3,(H,16,17). The van der Waals surface area contributed by atoms with E-state index in [1.165, 1.54) is 0 Å². The van der Waals surface area contributed by atoms with Gasteiger partial charge in [0.15, 0.2) is 0 Å². The zero-order valence-corrected chi connectivity index (χ0v) is 10.7. The first kappa shape index (κ1) is 12.9. The van der Waals surface area contributed by atoms with Crippen LogP contribution in [0.3, 0.4) is 0 Å². The van der Waals surface area contributed by atoms with Crippen LogP contribution in [0.4, 0.5) is 10.5 Å². The van der Waals surface area contributed by atoms with Gasteiger partial charge in [-0.3, -0.25) is 5.32 Å². The van der Waals surface area contributed by atoms with E-state index in [-0.39, 0.29) is 5.88 Å². The molecule has 2 aromatic rings. The third-order valence-electron chi connectivity index (χ3n) is 2.43. The lowest BCUT2D eigenvalue weighted by Crippen LogP contribution is -2.17. The molecule has 0 saturated carbocycles. The van der Waals surface area contributed by atoms with Crippen molar-refractivity contribution >= 4 is 11.8 Å². The monoisotopic (exact) mass is 258 g/mol. The van der Waals surface area contributed by atoms with Gasteiger partial charge in [0, 0.05) is 12.3 Å². The van der Waals surface area contributed by atoms with Gasteiger partial charge in [-0.1, -0.05) is 12.1 Å². The van der Waals surface area contributed by atoms with Crippen molar-refractivity contribution in [1.82, 2.24) is 4.98 Å².